The molecule has 1 aliphatic heterocycles. The van der Waals surface area contributed by atoms with E-state index in [1.807, 2.05) is 6.92 Å². The number of hydrogen-bond donors (Lipinski definition) is 1. The van der Waals surface area contributed by atoms with E-state index in [0.717, 1.165) is 31.0 Å². The highest BCUT2D eigenvalue weighted by atomic mass is 32.2. The maximum Gasteiger partial charge on any atom is 0.335 e. The van der Waals surface area contributed by atoms with Gasteiger partial charge in [-0.05, 0) is 37.0 Å². The molecular formula is C13H16FNO4S. The van der Waals surface area contributed by atoms with Gasteiger partial charge >= 0.3 is 5.97 Å². The zero-order valence-electron chi connectivity index (χ0n) is 11.0. The first-order chi connectivity index (χ1) is 9.32. The number of halogens is 1. The number of carbonyl (C=O) groups is 1. The average molecular weight is 301 g/mol. The first kappa shape index (κ1) is 14.9. The van der Waals surface area contributed by atoms with Gasteiger partial charge in [0.05, 0.1) is 5.56 Å². The third-order valence-corrected chi connectivity index (χ3v) is 5.31. The largest absolute Gasteiger partial charge is 0.478 e. The molecule has 2 rings (SSSR count). The topological polar surface area (TPSA) is 74.7 Å². The van der Waals surface area contributed by atoms with Crippen molar-refractivity contribution in [3.8, 4) is 0 Å². The van der Waals surface area contributed by atoms with Crippen molar-refractivity contribution >= 4 is 16.0 Å². The highest BCUT2D eigenvalue weighted by Crippen LogP contribution is 2.25. The lowest BCUT2D eigenvalue weighted by Gasteiger charge is -2.30. The molecule has 110 valence electrons. The normalized spacial score (nSPS) is 20.8. The van der Waals surface area contributed by atoms with Gasteiger partial charge in [-0.25, -0.2) is 17.6 Å². The van der Waals surface area contributed by atoms with E-state index in [0.29, 0.717) is 13.1 Å². The zero-order valence-corrected chi connectivity index (χ0v) is 11.9. The van der Waals surface area contributed by atoms with Crippen LogP contribution >= 0.6 is 0 Å². The van der Waals surface area contributed by atoms with Crippen molar-refractivity contribution in [2.24, 2.45) is 5.92 Å². The summed E-state index contributed by atoms with van der Waals surface area (Å²) in [5, 5.41) is 8.76. The lowest BCUT2D eigenvalue weighted by atomic mass is 10.0. The van der Waals surface area contributed by atoms with Crippen molar-refractivity contribution in [3.63, 3.8) is 0 Å². The van der Waals surface area contributed by atoms with Gasteiger partial charge in [-0.3, -0.25) is 0 Å². The maximum absolute atomic E-state index is 13.9. The van der Waals surface area contributed by atoms with Gasteiger partial charge in [0, 0.05) is 13.1 Å². The smallest absolute Gasteiger partial charge is 0.335 e. The summed E-state index contributed by atoms with van der Waals surface area (Å²) in [4.78, 5) is 10.3. The quantitative estimate of drug-likeness (QED) is 0.926. The fourth-order valence-corrected chi connectivity index (χ4v) is 3.99. The van der Waals surface area contributed by atoms with E-state index in [2.05, 4.69) is 0 Å². The van der Waals surface area contributed by atoms with Gasteiger partial charge < -0.3 is 5.11 Å². The van der Waals surface area contributed by atoms with Crippen molar-refractivity contribution in [2.75, 3.05) is 13.1 Å². The van der Waals surface area contributed by atoms with Crippen LogP contribution in [0.15, 0.2) is 23.1 Å². The molecule has 0 radical (unpaired) electrons. The van der Waals surface area contributed by atoms with Gasteiger partial charge in [-0.2, -0.15) is 4.31 Å². The Bertz CT molecular complexity index is 629. The van der Waals surface area contributed by atoms with Crippen LogP contribution in [-0.4, -0.2) is 36.9 Å². The van der Waals surface area contributed by atoms with Crippen LogP contribution in [0.1, 0.15) is 30.1 Å². The van der Waals surface area contributed by atoms with Crippen LogP contribution < -0.4 is 0 Å². The molecule has 0 aromatic heterocycles. The van der Waals surface area contributed by atoms with Crippen molar-refractivity contribution in [1.29, 1.82) is 0 Å². The molecule has 0 saturated carbocycles. The van der Waals surface area contributed by atoms with E-state index in [9.17, 15) is 17.6 Å². The lowest BCUT2D eigenvalue weighted by molar-refractivity contribution is 0.0696. The fraction of sp³-hybridized carbons (Fsp3) is 0.462. The second-order valence-corrected chi connectivity index (χ2v) is 6.97. The Morgan fingerprint density at radius 1 is 1.45 bits per heavy atom. The predicted octanol–water partition coefficient (Wildman–Crippen LogP) is 1.94. The first-order valence-corrected chi connectivity index (χ1v) is 7.79. The van der Waals surface area contributed by atoms with Gasteiger partial charge in [0.25, 0.3) is 0 Å². The van der Waals surface area contributed by atoms with E-state index in [4.69, 9.17) is 5.11 Å². The van der Waals surface area contributed by atoms with E-state index in [1.165, 1.54) is 4.31 Å². The summed E-state index contributed by atoms with van der Waals surface area (Å²) in [5.74, 6) is -2.08. The van der Waals surface area contributed by atoms with Crippen molar-refractivity contribution < 1.29 is 22.7 Å². The summed E-state index contributed by atoms with van der Waals surface area (Å²) in [6.07, 6.45) is 1.70. The summed E-state index contributed by atoms with van der Waals surface area (Å²) < 4.78 is 39.9. The monoisotopic (exact) mass is 301 g/mol. The number of hydrogen-bond acceptors (Lipinski definition) is 3. The standard InChI is InChI=1S/C13H16FNO4S/c1-9-3-2-6-15(8-9)20(18,19)12-5-4-10(13(16)17)7-11(12)14/h4-5,7,9H,2-3,6,8H2,1H3,(H,16,17). The zero-order chi connectivity index (χ0) is 14.9. The minimum Gasteiger partial charge on any atom is -0.478 e. The SMILES string of the molecule is CC1CCCN(S(=O)(=O)c2ccc(C(=O)O)cc2F)C1. The van der Waals surface area contributed by atoms with Gasteiger partial charge in [0.15, 0.2) is 0 Å². The molecule has 1 N–H and O–H groups in total. The third kappa shape index (κ3) is 2.83. The van der Waals surface area contributed by atoms with Crippen molar-refractivity contribution in [2.45, 2.75) is 24.7 Å². The molecule has 1 unspecified atom stereocenters. The highest BCUT2D eigenvalue weighted by molar-refractivity contribution is 7.89. The summed E-state index contributed by atoms with van der Waals surface area (Å²) >= 11 is 0. The minimum atomic E-state index is -3.90. The van der Waals surface area contributed by atoms with E-state index in [1.54, 1.807) is 0 Å². The number of rotatable bonds is 3. The lowest BCUT2D eigenvalue weighted by Crippen LogP contribution is -2.39. The molecule has 20 heavy (non-hydrogen) atoms. The highest BCUT2D eigenvalue weighted by Gasteiger charge is 2.31. The maximum atomic E-state index is 13.9. The van der Waals surface area contributed by atoms with Crippen LogP contribution in [-0.2, 0) is 10.0 Å². The number of benzene rings is 1. The van der Waals surface area contributed by atoms with Gasteiger partial charge in [-0.1, -0.05) is 6.92 Å². The van der Waals surface area contributed by atoms with Gasteiger partial charge in [0.2, 0.25) is 10.0 Å². The predicted molar refractivity (Wildman–Crippen MR) is 70.5 cm³/mol. The average Bonchev–Trinajstić information content (AvgIpc) is 2.38. The molecular weight excluding hydrogens is 285 g/mol. The molecule has 1 aliphatic rings. The van der Waals surface area contributed by atoms with Crippen LogP contribution in [0.25, 0.3) is 0 Å². The molecule has 1 saturated heterocycles. The Balaban J connectivity index is 2.36. The molecule has 1 aromatic rings. The molecule has 5 nitrogen and oxygen atoms in total. The second kappa shape index (κ2) is 5.49. The first-order valence-electron chi connectivity index (χ1n) is 6.35. The van der Waals surface area contributed by atoms with Crippen LogP contribution in [0.3, 0.4) is 0 Å². The molecule has 1 aromatic carbocycles. The Morgan fingerprint density at radius 2 is 2.15 bits per heavy atom. The number of piperidine rings is 1. The summed E-state index contributed by atoms with van der Waals surface area (Å²) in [6, 6.07) is 2.86. The van der Waals surface area contributed by atoms with Crippen LogP contribution in [0, 0.1) is 11.7 Å². The Kier molecular flexibility index (Phi) is 4.10. The third-order valence-electron chi connectivity index (χ3n) is 3.42. The van der Waals surface area contributed by atoms with E-state index < -0.39 is 26.7 Å². The molecule has 0 spiro atoms. The summed E-state index contributed by atoms with van der Waals surface area (Å²) in [6.45, 7) is 2.68. The molecule has 1 heterocycles. The summed E-state index contributed by atoms with van der Waals surface area (Å²) in [5.41, 5.74) is -0.270. The van der Waals surface area contributed by atoms with Crippen LogP contribution in [0.4, 0.5) is 4.39 Å². The molecule has 1 atom stereocenters. The van der Waals surface area contributed by atoms with Gasteiger partial charge in [0.1, 0.15) is 10.7 Å². The van der Waals surface area contributed by atoms with Gasteiger partial charge in [-0.15, -0.1) is 0 Å². The van der Waals surface area contributed by atoms with Crippen LogP contribution in [0.2, 0.25) is 0 Å². The Morgan fingerprint density at radius 3 is 2.70 bits per heavy atom. The Labute approximate surface area is 117 Å². The number of nitrogens with zero attached hydrogens (tertiary/aromatic N) is 1. The second-order valence-electron chi connectivity index (χ2n) is 5.06. The fourth-order valence-electron chi connectivity index (χ4n) is 2.35. The molecule has 0 aliphatic carbocycles. The number of sulfonamides is 1. The van der Waals surface area contributed by atoms with E-state index >= 15 is 0 Å². The molecule has 0 bridgehead atoms. The molecule has 1 fully saturated rings. The minimum absolute atomic E-state index is 0.236. The van der Waals surface area contributed by atoms with Crippen LogP contribution in [0.5, 0.6) is 0 Å². The number of carboxylic acid groups (broad SMARTS) is 1. The molecule has 0 amide bonds. The Hall–Kier alpha value is -1.47. The number of aromatic carboxylic acids is 1. The summed E-state index contributed by atoms with van der Waals surface area (Å²) in [7, 11) is -3.90. The van der Waals surface area contributed by atoms with Crippen molar-refractivity contribution in [3.05, 3.63) is 29.6 Å². The number of carboxylic acids is 1. The molecule has 7 heteroatoms. The van der Waals surface area contributed by atoms with Crippen molar-refractivity contribution in [1.82, 2.24) is 4.31 Å². The van der Waals surface area contributed by atoms with E-state index in [-0.39, 0.29) is 11.5 Å².